The molecule has 6 heteroatoms. The van der Waals surface area contributed by atoms with Crippen molar-refractivity contribution in [3.63, 3.8) is 0 Å². The number of hydrogen-bond donors (Lipinski definition) is 0. The lowest BCUT2D eigenvalue weighted by Crippen LogP contribution is -2.02. The van der Waals surface area contributed by atoms with Gasteiger partial charge in [0.2, 0.25) is 0 Å². The van der Waals surface area contributed by atoms with E-state index in [2.05, 4.69) is 0 Å². The highest BCUT2D eigenvalue weighted by atomic mass is 16.5. The van der Waals surface area contributed by atoms with Crippen LogP contribution in [0, 0.1) is 0 Å². The van der Waals surface area contributed by atoms with Crippen molar-refractivity contribution in [2.45, 2.75) is 6.61 Å². The van der Waals surface area contributed by atoms with E-state index in [1.165, 1.54) is 6.08 Å². The Kier molecular flexibility index (Phi) is 6.91. The van der Waals surface area contributed by atoms with Gasteiger partial charge in [0, 0.05) is 17.7 Å². The van der Waals surface area contributed by atoms with Crippen LogP contribution in [0.15, 0.2) is 42.5 Å². The van der Waals surface area contributed by atoms with Crippen molar-refractivity contribution in [3.05, 3.63) is 53.6 Å². The van der Waals surface area contributed by atoms with Crippen LogP contribution in [0.1, 0.15) is 11.1 Å². The van der Waals surface area contributed by atoms with Crippen LogP contribution in [0.5, 0.6) is 23.0 Å². The van der Waals surface area contributed by atoms with Crippen molar-refractivity contribution in [3.8, 4) is 23.0 Å². The summed E-state index contributed by atoms with van der Waals surface area (Å²) in [6.45, 7) is 0.0744. The largest absolute Gasteiger partial charge is 0.497 e. The van der Waals surface area contributed by atoms with Gasteiger partial charge in [0.15, 0.2) is 0 Å². The maximum atomic E-state index is 12.0. The van der Waals surface area contributed by atoms with Crippen molar-refractivity contribution < 1.29 is 28.5 Å². The molecule has 138 valence electrons. The molecule has 0 aliphatic heterocycles. The lowest BCUT2D eigenvalue weighted by atomic mass is 10.2. The first kappa shape index (κ1) is 19.2. The maximum absolute atomic E-state index is 12.0. The Hall–Kier alpha value is -3.15. The zero-order chi connectivity index (χ0) is 18.9. The lowest BCUT2D eigenvalue weighted by Gasteiger charge is -2.10. The van der Waals surface area contributed by atoms with Gasteiger partial charge >= 0.3 is 5.97 Å². The van der Waals surface area contributed by atoms with E-state index in [-0.39, 0.29) is 6.61 Å². The normalized spacial score (nSPS) is 10.5. The smallest absolute Gasteiger partial charge is 0.331 e. The van der Waals surface area contributed by atoms with E-state index >= 15 is 0 Å². The number of carbonyl (C=O) groups excluding carboxylic acids is 1. The van der Waals surface area contributed by atoms with Crippen LogP contribution in [0.3, 0.4) is 0 Å². The second-order valence-corrected chi connectivity index (χ2v) is 5.26. The minimum Gasteiger partial charge on any atom is -0.497 e. The van der Waals surface area contributed by atoms with Gasteiger partial charge in [0.25, 0.3) is 0 Å². The van der Waals surface area contributed by atoms with Crippen LogP contribution in [-0.4, -0.2) is 34.4 Å². The molecular weight excluding hydrogens is 336 g/mol. The number of rotatable bonds is 8. The van der Waals surface area contributed by atoms with E-state index in [0.29, 0.717) is 23.0 Å². The monoisotopic (exact) mass is 358 g/mol. The molecule has 0 atom stereocenters. The second kappa shape index (κ2) is 9.36. The van der Waals surface area contributed by atoms with Crippen LogP contribution in [0.2, 0.25) is 0 Å². The molecule has 2 rings (SSSR count). The quantitative estimate of drug-likeness (QED) is 0.532. The number of carbonyl (C=O) groups is 1. The average Bonchev–Trinajstić information content (AvgIpc) is 2.69. The van der Waals surface area contributed by atoms with Crippen molar-refractivity contribution in [1.82, 2.24) is 0 Å². The Morgan fingerprint density at radius 3 is 2.08 bits per heavy atom. The van der Waals surface area contributed by atoms with E-state index in [1.807, 2.05) is 0 Å². The van der Waals surface area contributed by atoms with Crippen LogP contribution in [-0.2, 0) is 16.1 Å². The molecule has 0 heterocycles. The van der Waals surface area contributed by atoms with Gasteiger partial charge < -0.3 is 23.7 Å². The summed E-state index contributed by atoms with van der Waals surface area (Å²) in [5.74, 6) is 2.09. The standard InChI is InChI=1S/C20H22O6/c1-22-16-6-7-19(25-4)15(11-16)13-26-20(21)8-5-14-9-17(23-2)12-18(10-14)24-3/h5-12H,13H2,1-4H3/b8-5+. The molecule has 0 amide bonds. The van der Waals surface area contributed by atoms with E-state index in [4.69, 9.17) is 23.7 Å². The Morgan fingerprint density at radius 1 is 0.846 bits per heavy atom. The Balaban J connectivity index is 2.04. The fourth-order valence-electron chi connectivity index (χ4n) is 2.28. The van der Waals surface area contributed by atoms with E-state index < -0.39 is 5.97 Å². The molecule has 0 fully saturated rings. The van der Waals surface area contributed by atoms with E-state index in [1.54, 1.807) is 70.9 Å². The number of esters is 1. The molecule has 0 unspecified atom stereocenters. The first-order valence-electron chi connectivity index (χ1n) is 7.88. The summed E-state index contributed by atoms with van der Waals surface area (Å²) in [7, 11) is 6.27. The molecule has 2 aromatic carbocycles. The van der Waals surface area contributed by atoms with Gasteiger partial charge in [-0.15, -0.1) is 0 Å². The van der Waals surface area contributed by atoms with Gasteiger partial charge in [-0.25, -0.2) is 4.79 Å². The van der Waals surface area contributed by atoms with Crippen molar-refractivity contribution in [2.24, 2.45) is 0 Å². The zero-order valence-electron chi connectivity index (χ0n) is 15.3. The number of benzene rings is 2. The molecule has 0 saturated heterocycles. The molecule has 0 radical (unpaired) electrons. The highest BCUT2D eigenvalue weighted by Crippen LogP contribution is 2.25. The molecule has 0 aromatic heterocycles. The molecule has 0 aliphatic rings. The number of methoxy groups -OCH3 is 4. The van der Waals surface area contributed by atoms with E-state index in [9.17, 15) is 4.79 Å². The Bertz CT molecular complexity index is 760. The molecule has 0 N–H and O–H groups in total. The molecular formula is C20H22O6. The molecule has 0 spiro atoms. The summed E-state index contributed by atoms with van der Waals surface area (Å²) < 4.78 is 26.1. The van der Waals surface area contributed by atoms with Gasteiger partial charge in [0.1, 0.15) is 29.6 Å². The summed E-state index contributed by atoms with van der Waals surface area (Å²) >= 11 is 0. The van der Waals surface area contributed by atoms with Crippen molar-refractivity contribution >= 4 is 12.0 Å². The third-order valence-corrected chi connectivity index (χ3v) is 3.64. The van der Waals surface area contributed by atoms with Gasteiger partial charge in [-0.1, -0.05) is 0 Å². The summed E-state index contributed by atoms with van der Waals surface area (Å²) in [6.07, 6.45) is 2.98. The van der Waals surface area contributed by atoms with Crippen LogP contribution >= 0.6 is 0 Å². The lowest BCUT2D eigenvalue weighted by molar-refractivity contribution is -0.138. The topological polar surface area (TPSA) is 63.2 Å². The SMILES string of the molecule is COc1cc(/C=C/C(=O)OCc2cc(OC)ccc2OC)cc(OC)c1. The Morgan fingerprint density at radius 2 is 1.50 bits per heavy atom. The summed E-state index contributed by atoms with van der Waals surface area (Å²) in [5.41, 5.74) is 1.48. The highest BCUT2D eigenvalue weighted by molar-refractivity contribution is 5.87. The van der Waals surface area contributed by atoms with Crippen LogP contribution in [0.4, 0.5) is 0 Å². The maximum Gasteiger partial charge on any atom is 0.331 e. The fraction of sp³-hybridized carbons (Fsp3) is 0.250. The summed E-state index contributed by atoms with van der Waals surface area (Å²) in [6, 6.07) is 10.6. The number of hydrogen-bond acceptors (Lipinski definition) is 6. The third kappa shape index (κ3) is 5.17. The molecule has 6 nitrogen and oxygen atoms in total. The number of ether oxygens (including phenoxy) is 5. The van der Waals surface area contributed by atoms with Crippen LogP contribution in [0.25, 0.3) is 6.08 Å². The average molecular weight is 358 g/mol. The van der Waals surface area contributed by atoms with E-state index in [0.717, 1.165) is 11.1 Å². The Labute approximate surface area is 152 Å². The predicted molar refractivity (Wildman–Crippen MR) is 97.9 cm³/mol. The molecule has 26 heavy (non-hydrogen) atoms. The summed E-state index contributed by atoms with van der Waals surface area (Å²) in [5, 5.41) is 0. The zero-order valence-corrected chi connectivity index (χ0v) is 15.3. The fourth-order valence-corrected chi connectivity index (χ4v) is 2.28. The highest BCUT2D eigenvalue weighted by Gasteiger charge is 2.08. The van der Waals surface area contributed by atoms with Crippen molar-refractivity contribution in [1.29, 1.82) is 0 Å². The third-order valence-electron chi connectivity index (χ3n) is 3.64. The minimum absolute atomic E-state index is 0.0744. The first-order valence-corrected chi connectivity index (χ1v) is 7.88. The van der Waals surface area contributed by atoms with Crippen molar-refractivity contribution in [2.75, 3.05) is 28.4 Å². The minimum atomic E-state index is -0.475. The van der Waals surface area contributed by atoms with Crippen LogP contribution < -0.4 is 18.9 Å². The molecule has 0 saturated carbocycles. The van der Waals surface area contributed by atoms with Gasteiger partial charge in [-0.3, -0.25) is 0 Å². The second-order valence-electron chi connectivity index (χ2n) is 5.26. The van der Waals surface area contributed by atoms with Gasteiger partial charge in [-0.05, 0) is 42.0 Å². The van der Waals surface area contributed by atoms with Gasteiger partial charge in [0.05, 0.1) is 28.4 Å². The molecule has 2 aromatic rings. The molecule has 0 aliphatic carbocycles. The predicted octanol–water partition coefficient (Wildman–Crippen LogP) is 3.48. The summed E-state index contributed by atoms with van der Waals surface area (Å²) in [4.78, 5) is 12.0. The van der Waals surface area contributed by atoms with Gasteiger partial charge in [-0.2, -0.15) is 0 Å². The molecule has 0 bridgehead atoms. The first-order chi connectivity index (χ1) is 12.6.